The molecule has 3 rings (SSSR count). The third kappa shape index (κ3) is 4.55. The number of rotatable bonds is 5. The molecule has 2 atom stereocenters. The van der Waals surface area contributed by atoms with Crippen LogP contribution in [0, 0.1) is 6.92 Å². The predicted octanol–water partition coefficient (Wildman–Crippen LogP) is 3.05. The maximum atomic E-state index is 13.8. The highest BCUT2D eigenvalue weighted by molar-refractivity contribution is 7.84. The van der Waals surface area contributed by atoms with Gasteiger partial charge in [0.2, 0.25) is 5.95 Å². The number of hydrogen-bond acceptors (Lipinski definition) is 5. The third-order valence-electron chi connectivity index (χ3n) is 4.96. The Morgan fingerprint density at radius 1 is 1.23 bits per heavy atom. The van der Waals surface area contributed by atoms with Crippen molar-refractivity contribution in [1.82, 2.24) is 14.3 Å². The molecule has 0 aliphatic carbocycles. The van der Waals surface area contributed by atoms with Gasteiger partial charge in [-0.25, -0.2) is 18.5 Å². The Bertz CT molecular complexity index is 1010. The summed E-state index contributed by atoms with van der Waals surface area (Å²) in [5, 5.41) is 0.123. The third-order valence-corrected chi connectivity index (χ3v) is 6.64. The van der Waals surface area contributed by atoms with Crippen molar-refractivity contribution in [1.29, 1.82) is 0 Å². The number of aromatic nitrogens is 2. The van der Waals surface area contributed by atoms with Gasteiger partial charge < -0.3 is 9.64 Å². The van der Waals surface area contributed by atoms with Crippen molar-refractivity contribution in [2.24, 2.45) is 0 Å². The van der Waals surface area contributed by atoms with Gasteiger partial charge in [-0.05, 0) is 51.8 Å². The van der Waals surface area contributed by atoms with Crippen molar-refractivity contribution >= 4 is 27.8 Å². The summed E-state index contributed by atoms with van der Waals surface area (Å²) in [6.45, 7) is 7.65. The molecule has 1 aliphatic heterocycles. The average molecular weight is 443 g/mol. The average Bonchev–Trinajstić information content (AvgIpc) is 2.67. The number of hydrogen-bond donors (Lipinski definition) is 1. The molecular formula is C20H28F2N4O3S. The smallest absolute Gasteiger partial charge is 0.324 e. The number of nitrogens with zero attached hydrogens (tertiary/aromatic N) is 3. The van der Waals surface area contributed by atoms with E-state index in [-0.39, 0.29) is 11.3 Å². The minimum Gasteiger partial charge on any atom is -0.378 e. The van der Waals surface area contributed by atoms with Crippen LogP contribution >= 0.6 is 0 Å². The molecule has 2 heterocycles. The van der Waals surface area contributed by atoms with Crippen LogP contribution in [0.25, 0.3) is 10.9 Å². The molecule has 0 bridgehead atoms. The lowest BCUT2D eigenvalue weighted by molar-refractivity contribution is 0.0649. The fourth-order valence-corrected chi connectivity index (χ4v) is 4.16. The molecule has 0 spiro atoms. The minimum absolute atomic E-state index is 0.0694. The maximum absolute atomic E-state index is 13.8. The van der Waals surface area contributed by atoms with E-state index in [1.807, 2.05) is 33.8 Å². The van der Waals surface area contributed by atoms with Crippen LogP contribution in [0.2, 0.25) is 0 Å². The Balaban J connectivity index is 2.20. The second-order valence-corrected chi connectivity index (χ2v) is 10.4. The number of benzene rings is 1. The van der Waals surface area contributed by atoms with Crippen LogP contribution in [0.15, 0.2) is 16.9 Å². The minimum atomic E-state index is -3.01. The molecule has 1 aliphatic rings. The first-order valence-corrected chi connectivity index (χ1v) is 11.0. The van der Waals surface area contributed by atoms with E-state index in [0.717, 1.165) is 5.56 Å². The maximum Gasteiger partial charge on any atom is 0.324 e. The molecule has 10 heteroatoms. The van der Waals surface area contributed by atoms with E-state index >= 15 is 0 Å². The Labute approximate surface area is 177 Å². The molecule has 1 aromatic heterocycles. The quantitative estimate of drug-likeness (QED) is 0.770. The van der Waals surface area contributed by atoms with E-state index in [4.69, 9.17) is 4.74 Å². The number of halogens is 2. The van der Waals surface area contributed by atoms with Crippen molar-refractivity contribution < 1.29 is 17.7 Å². The van der Waals surface area contributed by atoms with E-state index in [1.165, 1.54) is 0 Å². The number of ether oxygens (including phenoxy) is 1. The van der Waals surface area contributed by atoms with Crippen LogP contribution in [-0.4, -0.2) is 44.8 Å². The Morgan fingerprint density at radius 2 is 1.87 bits per heavy atom. The van der Waals surface area contributed by atoms with Gasteiger partial charge >= 0.3 is 6.55 Å². The van der Waals surface area contributed by atoms with Gasteiger partial charge in [-0.2, -0.15) is 8.78 Å². The standard InChI is InChI=1S/C20H28F2N4O3S/c1-12-10-14(13(2)24-30(28)20(3,4)5)16-15(11-12)17(27)26(18(21)22)19(23-16)25-6-8-29-9-7-25/h10-11,13,18,24H,6-9H2,1-5H3/t13-,30-/m1/s1. The zero-order valence-electron chi connectivity index (χ0n) is 17.9. The summed E-state index contributed by atoms with van der Waals surface area (Å²) in [5.41, 5.74) is 0.947. The lowest BCUT2D eigenvalue weighted by atomic mass is 10.0. The SMILES string of the molecule is Cc1cc([C@@H](C)N[S@](=O)C(C)(C)C)c2nc(N3CCOCC3)n(C(F)F)c(=O)c2c1. The van der Waals surface area contributed by atoms with Crippen molar-refractivity contribution in [3.05, 3.63) is 33.6 Å². The van der Waals surface area contributed by atoms with E-state index in [2.05, 4.69) is 9.71 Å². The monoisotopic (exact) mass is 442 g/mol. The molecule has 1 N–H and O–H groups in total. The molecule has 0 saturated carbocycles. The highest BCUT2D eigenvalue weighted by Gasteiger charge is 2.27. The predicted molar refractivity (Wildman–Crippen MR) is 114 cm³/mol. The van der Waals surface area contributed by atoms with Gasteiger partial charge in [0.05, 0.1) is 39.8 Å². The first-order chi connectivity index (χ1) is 14.0. The Morgan fingerprint density at radius 3 is 2.43 bits per heavy atom. The van der Waals surface area contributed by atoms with Crippen molar-refractivity contribution in [3.8, 4) is 0 Å². The summed E-state index contributed by atoms with van der Waals surface area (Å²) in [6.07, 6.45) is 0. The van der Waals surface area contributed by atoms with Gasteiger partial charge in [0.15, 0.2) is 0 Å². The van der Waals surface area contributed by atoms with Crippen molar-refractivity contribution in [3.63, 3.8) is 0 Å². The lowest BCUT2D eigenvalue weighted by Gasteiger charge is -2.30. The van der Waals surface area contributed by atoms with Gasteiger partial charge in [0.25, 0.3) is 5.56 Å². The Hall–Kier alpha value is -1.91. The fraction of sp³-hybridized carbons (Fsp3) is 0.600. The number of morpholine rings is 1. The molecule has 1 aromatic carbocycles. The first kappa shape index (κ1) is 22.8. The summed E-state index contributed by atoms with van der Waals surface area (Å²) in [5.74, 6) is -0.0694. The highest BCUT2D eigenvalue weighted by Crippen LogP contribution is 2.28. The van der Waals surface area contributed by atoms with E-state index in [0.29, 0.717) is 42.0 Å². The highest BCUT2D eigenvalue weighted by atomic mass is 32.2. The summed E-state index contributed by atoms with van der Waals surface area (Å²) >= 11 is 0. The number of nitrogens with one attached hydrogen (secondary N) is 1. The normalized spacial score (nSPS) is 17.5. The van der Waals surface area contributed by atoms with Crippen LogP contribution in [0.3, 0.4) is 0 Å². The van der Waals surface area contributed by atoms with Gasteiger partial charge in [0.1, 0.15) is 0 Å². The molecule has 2 aromatic rings. The second-order valence-electron chi connectivity index (χ2n) is 8.43. The molecule has 0 amide bonds. The zero-order valence-corrected chi connectivity index (χ0v) is 18.7. The molecule has 0 unspecified atom stereocenters. The van der Waals surface area contributed by atoms with Crippen LogP contribution in [-0.2, 0) is 15.7 Å². The first-order valence-electron chi connectivity index (χ1n) is 9.86. The van der Waals surface area contributed by atoms with Gasteiger partial charge in [-0.3, -0.25) is 4.79 Å². The van der Waals surface area contributed by atoms with E-state index < -0.39 is 33.9 Å². The van der Waals surface area contributed by atoms with Crippen LogP contribution in [0.5, 0.6) is 0 Å². The molecule has 0 radical (unpaired) electrons. The van der Waals surface area contributed by atoms with E-state index in [9.17, 15) is 17.8 Å². The Kier molecular flexibility index (Phi) is 6.59. The van der Waals surface area contributed by atoms with Gasteiger partial charge in [-0.1, -0.05) is 6.07 Å². The number of anilines is 1. The van der Waals surface area contributed by atoms with E-state index in [1.54, 1.807) is 17.9 Å². The number of fused-ring (bicyclic) bond motifs is 1. The van der Waals surface area contributed by atoms with Gasteiger partial charge in [0, 0.05) is 19.1 Å². The van der Waals surface area contributed by atoms with Crippen LogP contribution in [0.4, 0.5) is 14.7 Å². The van der Waals surface area contributed by atoms with Crippen molar-refractivity contribution in [2.75, 3.05) is 31.2 Å². The molecule has 30 heavy (non-hydrogen) atoms. The largest absolute Gasteiger partial charge is 0.378 e. The molecule has 166 valence electrons. The number of alkyl halides is 2. The molecule has 7 nitrogen and oxygen atoms in total. The number of aryl methyl sites for hydroxylation is 1. The lowest BCUT2D eigenvalue weighted by Crippen LogP contribution is -2.41. The molecule has 1 saturated heterocycles. The second kappa shape index (κ2) is 8.68. The summed E-state index contributed by atoms with van der Waals surface area (Å²) < 4.78 is 48.6. The van der Waals surface area contributed by atoms with Gasteiger partial charge in [-0.15, -0.1) is 0 Å². The van der Waals surface area contributed by atoms with Crippen LogP contribution < -0.4 is 15.2 Å². The fourth-order valence-electron chi connectivity index (χ4n) is 3.36. The van der Waals surface area contributed by atoms with Crippen LogP contribution in [0.1, 0.15) is 51.4 Å². The summed E-state index contributed by atoms with van der Waals surface area (Å²) in [7, 11) is -1.35. The van der Waals surface area contributed by atoms with Crippen molar-refractivity contribution in [2.45, 2.75) is 52.0 Å². The molecule has 1 fully saturated rings. The summed E-state index contributed by atoms with van der Waals surface area (Å²) in [6, 6.07) is 3.02. The summed E-state index contributed by atoms with van der Waals surface area (Å²) in [4.78, 5) is 19.2. The topological polar surface area (TPSA) is 76.5 Å². The zero-order chi connectivity index (χ0) is 22.2. The molecular weight excluding hydrogens is 414 g/mol.